The van der Waals surface area contributed by atoms with E-state index < -0.39 is 0 Å². The molecule has 0 aliphatic heterocycles. The molecule has 1 rings (SSSR count). The van der Waals surface area contributed by atoms with Crippen molar-refractivity contribution in [2.45, 2.75) is 26.4 Å². The zero-order valence-corrected chi connectivity index (χ0v) is 9.68. The smallest absolute Gasteiger partial charge is 0.231 e. The van der Waals surface area contributed by atoms with Crippen LogP contribution in [0, 0.1) is 0 Å². The number of hydrogen-bond acceptors (Lipinski definition) is 3. The number of carbonyl (C=O) groups excluding carboxylic acids is 1. The largest absolute Gasteiger partial charge is 0.508 e. The maximum atomic E-state index is 10.9. The Morgan fingerprint density at radius 3 is 2.56 bits per heavy atom. The highest BCUT2D eigenvalue weighted by molar-refractivity contribution is 5.75. The van der Waals surface area contributed by atoms with Crippen LogP contribution in [0.2, 0.25) is 0 Å². The van der Waals surface area contributed by atoms with Crippen LogP contribution in [0.15, 0.2) is 24.3 Å². The number of aromatic hydroxyl groups is 1. The van der Waals surface area contributed by atoms with Crippen LogP contribution in [0.1, 0.15) is 19.4 Å². The summed E-state index contributed by atoms with van der Waals surface area (Å²) in [4.78, 5) is 12.8. The number of carbonyl (C=O) groups is 1. The second-order valence-electron chi connectivity index (χ2n) is 4.09. The molecule has 0 saturated carbocycles. The molecule has 0 unspecified atom stereocenters. The SMILES string of the molecule is CC(C)N(CC(N)=O)Cc1ccccc1O. The Bertz CT molecular complexity index is 364. The summed E-state index contributed by atoms with van der Waals surface area (Å²) in [6, 6.07) is 7.31. The Hall–Kier alpha value is -1.55. The molecule has 0 heterocycles. The van der Waals surface area contributed by atoms with Gasteiger partial charge in [0.05, 0.1) is 6.54 Å². The number of primary amides is 1. The van der Waals surface area contributed by atoms with Gasteiger partial charge in [0, 0.05) is 18.2 Å². The molecule has 3 N–H and O–H groups in total. The molecule has 1 aromatic rings. The molecule has 16 heavy (non-hydrogen) atoms. The van der Waals surface area contributed by atoms with Crippen molar-refractivity contribution in [3.05, 3.63) is 29.8 Å². The fourth-order valence-electron chi connectivity index (χ4n) is 1.48. The van der Waals surface area contributed by atoms with Crippen molar-refractivity contribution < 1.29 is 9.90 Å². The van der Waals surface area contributed by atoms with E-state index in [0.717, 1.165) is 5.56 Å². The van der Waals surface area contributed by atoms with E-state index in [4.69, 9.17) is 5.73 Å². The van der Waals surface area contributed by atoms with Crippen LogP contribution in [-0.2, 0) is 11.3 Å². The minimum absolute atomic E-state index is 0.200. The van der Waals surface area contributed by atoms with E-state index in [1.807, 2.05) is 30.9 Å². The summed E-state index contributed by atoms with van der Waals surface area (Å²) in [6.07, 6.45) is 0. The summed E-state index contributed by atoms with van der Waals surface area (Å²) in [5.41, 5.74) is 5.98. The number of para-hydroxylation sites is 1. The Balaban J connectivity index is 2.76. The van der Waals surface area contributed by atoms with Crippen LogP contribution in [0.4, 0.5) is 0 Å². The first-order chi connectivity index (χ1) is 7.50. The normalized spacial score (nSPS) is 11.0. The molecule has 0 bridgehead atoms. The van der Waals surface area contributed by atoms with Gasteiger partial charge in [-0.1, -0.05) is 18.2 Å². The Kier molecular flexibility index (Phi) is 4.31. The van der Waals surface area contributed by atoms with E-state index in [2.05, 4.69) is 0 Å². The van der Waals surface area contributed by atoms with E-state index in [-0.39, 0.29) is 24.2 Å². The van der Waals surface area contributed by atoms with Crippen LogP contribution < -0.4 is 5.73 Å². The molecule has 0 aliphatic carbocycles. The predicted molar refractivity (Wildman–Crippen MR) is 62.8 cm³/mol. The lowest BCUT2D eigenvalue weighted by molar-refractivity contribution is -0.119. The van der Waals surface area contributed by atoms with Gasteiger partial charge in [0.1, 0.15) is 5.75 Å². The fourth-order valence-corrected chi connectivity index (χ4v) is 1.48. The number of nitrogens with zero attached hydrogens (tertiary/aromatic N) is 1. The number of rotatable bonds is 5. The van der Waals surface area contributed by atoms with Crippen LogP contribution >= 0.6 is 0 Å². The van der Waals surface area contributed by atoms with Crippen molar-refractivity contribution in [2.75, 3.05) is 6.54 Å². The topological polar surface area (TPSA) is 66.6 Å². The van der Waals surface area contributed by atoms with Crippen molar-refractivity contribution in [2.24, 2.45) is 5.73 Å². The maximum absolute atomic E-state index is 10.9. The second-order valence-corrected chi connectivity index (χ2v) is 4.09. The van der Waals surface area contributed by atoms with Crippen LogP contribution in [0.25, 0.3) is 0 Å². The molecule has 1 aromatic carbocycles. The van der Waals surface area contributed by atoms with Gasteiger partial charge in [0.25, 0.3) is 0 Å². The highest BCUT2D eigenvalue weighted by Crippen LogP contribution is 2.18. The maximum Gasteiger partial charge on any atom is 0.231 e. The second kappa shape index (κ2) is 5.51. The average Bonchev–Trinajstić information content (AvgIpc) is 2.19. The molecule has 0 fully saturated rings. The lowest BCUT2D eigenvalue weighted by Gasteiger charge is -2.25. The highest BCUT2D eigenvalue weighted by Gasteiger charge is 2.14. The Morgan fingerprint density at radius 1 is 1.44 bits per heavy atom. The number of hydrogen-bond donors (Lipinski definition) is 2. The molecular weight excluding hydrogens is 204 g/mol. The standard InChI is InChI=1S/C12H18N2O2/c1-9(2)14(8-12(13)16)7-10-5-3-4-6-11(10)15/h3-6,9,15H,7-8H2,1-2H3,(H2,13,16). The Labute approximate surface area is 95.7 Å². The van der Waals surface area contributed by atoms with Crippen LogP contribution in [-0.4, -0.2) is 28.5 Å². The van der Waals surface area contributed by atoms with Crippen LogP contribution in [0.3, 0.4) is 0 Å². The average molecular weight is 222 g/mol. The van der Waals surface area contributed by atoms with Gasteiger partial charge in [-0.25, -0.2) is 0 Å². The lowest BCUT2D eigenvalue weighted by atomic mass is 10.1. The van der Waals surface area contributed by atoms with Crippen molar-refractivity contribution in [3.63, 3.8) is 0 Å². The minimum Gasteiger partial charge on any atom is -0.508 e. The zero-order valence-electron chi connectivity index (χ0n) is 9.68. The molecule has 1 amide bonds. The molecule has 4 heteroatoms. The van der Waals surface area contributed by atoms with E-state index in [0.29, 0.717) is 6.54 Å². The van der Waals surface area contributed by atoms with Gasteiger partial charge in [-0.3, -0.25) is 9.69 Å². The monoisotopic (exact) mass is 222 g/mol. The molecule has 4 nitrogen and oxygen atoms in total. The Morgan fingerprint density at radius 2 is 2.06 bits per heavy atom. The summed E-state index contributed by atoms with van der Waals surface area (Å²) in [7, 11) is 0. The molecular formula is C12H18N2O2. The highest BCUT2D eigenvalue weighted by atomic mass is 16.3. The van der Waals surface area contributed by atoms with Gasteiger partial charge in [-0.05, 0) is 19.9 Å². The van der Waals surface area contributed by atoms with Crippen molar-refractivity contribution in [3.8, 4) is 5.75 Å². The molecule has 0 aliphatic rings. The predicted octanol–water partition coefficient (Wildman–Crippen LogP) is 1.09. The third kappa shape index (κ3) is 3.55. The summed E-state index contributed by atoms with van der Waals surface area (Å²) in [5.74, 6) is -0.109. The van der Waals surface area contributed by atoms with Crippen molar-refractivity contribution in [1.29, 1.82) is 0 Å². The van der Waals surface area contributed by atoms with Gasteiger partial charge in [0.15, 0.2) is 0 Å². The van der Waals surface area contributed by atoms with Gasteiger partial charge in [-0.15, -0.1) is 0 Å². The van der Waals surface area contributed by atoms with Gasteiger partial charge in [-0.2, -0.15) is 0 Å². The van der Waals surface area contributed by atoms with Gasteiger partial charge in [0.2, 0.25) is 5.91 Å². The first-order valence-corrected chi connectivity index (χ1v) is 5.30. The number of nitrogens with two attached hydrogens (primary N) is 1. The van der Waals surface area contributed by atoms with E-state index >= 15 is 0 Å². The third-order valence-electron chi connectivity index (χ3n) is 2.45. The summed E-state index contributed by atoms with van der Waals surface area (Å²) < 4.78 is 0. The van der Waals surface area contributed by atoms with E-state index in [1.165, 1.54) is 0 Å². The van der Waals surface area contributed by atoms with Crippen LogP contribution in [0.5, 0.6) is 5.75 Å². The number of benzene rings is 1. The molecule has 0 spiro atoms. The first kappa shape index (κ1) is 12.5. The fraction of sp³-hybridized carbons (Fsp3) is 0.417. The molecule has 0 atom stereocenters. The summed E-state index contributed by atoms with van der Waals surface area (Å²) in [6.45, 7) is 4.70. The van der Waals surface area contributed by atoms with Crippen molar-refractivity contribution in [1.82, 2.24) is 4.90 Å². The first-order valence-electron chi connectivity index (χ1n) is 5.30. The van der Waals surface area contributed by atoms with Crippen molar-refractivity contribution >= 4 is 5.91 Å². The molecule has 88 valence electrons. The quantitative estimate of drug-likeness (QED) is 0.783. The number of phenols is 1. The summed E-state index contributed by atoms with van der Waals surface area (Å²) >= 11 is 0. The van der Waals surface area contributed by atoms with E-state index in [9.17, 15) is 9.90 Å². The molecule has 0 saturated heterocycles. The number of phenolic OH excluding ortho intramolecular Hbond substituents is 1. The summed E-state index contributed by atoms with van der Waals surface area (Å²) in [5, 5.41) is 9.63. The van der Waals surface area contributed by atoms with Gasteiger partial charge < -0.3 is 10.8 Å². The molecule has 0 aromatic heterocycles. The molecule has 0 radical (unpaired) electrons. The lowest BCUT2D eigenvalue weighted by Crippen LogP contribution is -2.37. The van der Waals surface area contributed by atoms with E-state index in [1.54, 1.807) is 12.1 Å². The zero-order chi connectivity index (χ0) is 12.1. The number of amides is 1. The van der Waals surface area contributed by atoms with Gasteiger partial charge >= 0.3 is 0 Å². The third-order valence-corrected chi connectivity index (χ3v) is 2.45. The minimum atomic E-state index is -0.357.